The molecule has 3 nitrogen and oxygen atoms in total. The molecule has 0 unspecified atom stereocenters. The third kappa shape index (κ3) is 7.03. The van der Waals surface area contributed by atoms with Crippen molar-refractivity contribution in [2.24, 2.45) is 5.73 Å². The lowest BCUT2D eigenvalue weighted by Gasteiger charge is -2.18. The molecule has 19 heavy (non-hydrogen) atoms. The van der Waals surface area contributed by atoms with Gasteiger partial charge in [0.15, 0.2) is 0 Å². The molecule has 0 spiro atoms. The van der Waals surface area contributed by atoms with Crippen LogP contribution in [0.4, 0.5) is 13.2 Å². The van der Waals surface area contributed by atoms with Crippen molar-refractivity contribution in [3.63, 3.8) is 0 Å². The topological polar surface area (TPSA) is 38.5 Å². The Morgan fingerprint density at radius 3 is 2.37 bits per heavy atom. The first-order chi connectivity index (χ1) is 8.90. The Hall–Kier alpha value is -1.27. The second-order valence-electron chi connectivity index (χ2n) is 4.40. The molecular weight excluding hydrogens is 257 g/mol. The van der Waals surface area contributed by atoms with Crippen LogP contribution in [0.3, 0.4) is 0 Å². The molecule has 1 aromatic rings. The molecule has 0 fully saturated rings. The van der Waals surface area contributed by atoms with Gasteiger partial charge in [-0.1, -0.05) is 12.1 Å². The summed E-state index contributed by atoms with van der Waals surface area (Å²) in [5.41, 5.74) is 6.48. The van der Waals surface area contributed by atoms with Gasteiger partial charge in [0.05, 0.1) is 13.2 Å². The monoisotopic (exact) mass is 276 g/mol. The van der Waals surface area contributed by atoms with Crippen LogP contribution < -0.4 is 10.5 Å². The van der Waals surface area contributed by atoms with Crippen molar-refractivity contribution in [2.45, 2.75) is 19.1 Å². The summed E-state index contributed by atoms with van der Waals surface area (Å²) in [6.07, 6.45) is -3.60. The number of rotatable bonds is 7. The van der Waals surface area contributed by atoms with Crippen molar-refractivity contribution >= 4 is 0 Å². The van der Waals surface area contributed by atoms with E-state index in [4.69, 9.17) is 10.5 Å². The summed E-state index contributed by atoms with van der Waals surface area (Å²) in [6.45, 7) is 0.325. The summed E-state index contributed by atoms with van der Waals surface area (Å²) in [5, 5.41) is 0. The largest absolute Gasteiger partial charge is 0.494 e. The summed E-state index contributed by atoms with van der Waals surface area (Å²) >= 11 is 0. The molecule has 0 saturated carbocycles. The van der Waals surface area contributed by atoms with Crippen molar-refractivity contribution in [2.75, 3.05) is 26.7 Å². The van der Waals surface area contributed by atoms with E-state index in [1.165, 1.54) is 11.9 Å². The smallest absolute Gasteiger partial charge is 0.401 e. The van der Waals surface area contributed by atoms with Crippen LogP contribution in [0.15, 0.2) is 24.3 Å². The normalized spacial score (nSPS) is 11.9. The lowest BCUT2D eigenvalue weighted by atomic mass is 10.2. The molecule has 0 aliphatic rings. The van der Waals surface area contributed by atoms with E-state index >= 15 is 0 Å². The molecule has 0 atom stereocenters. The standard InChI is InChI=1S/C13H19F3N2O/c1-18(10-13(14,15)16)7-2-8-19-12-5-3-11(9-17)4-6-12/h3-6H,2,7-10,17H2,1H3. The Labute approximate surface area is 111 Å². The van der Waals surface area contributed by atoms with Gasteiger partial charge in [-0.25, -0.2) is 0 Å². The molecule has 0 radical (unpaired) electrons. The minimum Gasteiger partial charge on any atom is -0.494 e. The van der Waals surface area contributed by atoms with E-state index in [0.717, 1.165) is 5.56 Å². The number of hydrogen-bond acceptors (Lipinski definition) is 3. The molecule has 2 N–H and O–H groups in total. The van der Waals surface area contributed by atoms with E-state index < -0.39 is 12.7 Å². The third-order valence-electron chi connectivity index (χ3n) is 2.56. The predicted molar refractivity (Wildman–Crippen MR) is 68.0 cm³/mol. The van der Waals surface area contributed by atoms with Crippen LogP contribution in [0, 0.1) is 0 Å². The van der Waals surface area contributed by atoms with Gasteiger partial charge in [-0.15, -0.1) is 0 Å². The van der Waals surface area contributed by atoms with Crippen LogP contribution in [0.1, 0.15) is 12.0 Å². The van der Waals surface area contributed by atoms with E-state index in [9.17, 15) is 13.2 Å². The molecule has 0 bridgehead atoms. The first-order valence-electron chi connectivity index (χ1n) is 6.08. The summed E-state index contributed by atoms with van der Waals surface area (Å²) in [6, 6.07) is 7.35. The van der Waals surface area contributed by atoms with E-state index in [0.29, 0.717) is 31.9 Å². The van der Waals surface area contributed by atoms with Crippen molar-refractivity contribution in [1.29, 1.82) is 0 Å². The lowest BCUT2D eigenvalue weighted by Crippen LogP contribution is -2.32. The zero-order valence-corrected chi connectivity index (χ0v) is 10.9. The second-order valence-corrected chi connectivity index (χ2v) is 4.40. The summed E-state index contributed by atoms with van der Waals surface area (Å²) in [4.78, 5) is 1.24. The fourth-order valence-corrected chi connectivity index (χ4v) is 1.63. The molecule has 1 rings (SSSR count). The maximum Gasteiger partial charge on any atom is 0.401 e. The highest BCUT2D eigenvalue weighted by molar-refractivity contribution is 5.26. The zero-order chi connectivity index (χ0) is 14.3. The van der Waals surface area contributed by atoms with Crippen LogP contribution >= 0.6 is 0 Å². The molecule has 6 heteroatoms. The number of ether oxygens (including phenoxy) is 1. The fourth-order valence-electron chi connectivity index (χ4n) is 1.63. The van der Waals surface area contributed by atoms with Gasteiger partial charge in [-0.05, 0) is 31.2 Å². The fraction of sp³-hybridized carbons (Fsp3) is 0.538. The number of benzene rings is 1. The van der Waals surface area contributed by atoms with Crippen molar-refractivity contribution in [3.05, 3.63) is 29.8 Å². The Bertz CT molecular complexity index is 365. The molecule has 0 heterocycles. The minimum absolute atomic E-state index is 0.348. The molecule has 0 aliphatic carbocycles. The number of halogens is 3. The Morgan fingerprint density at radius 1 is 1.21 bits per heavy atom. The van der Waals surface area contributed by atoms with Gasteiger partial charge < -0.3 is 10.5 Å². The number of nitrogens with zero attached hydrogens (tertiary/aromatic N) is 1. The van der Waals surface area contributed by atoms with Gasteiger partial charge >= 0.3 is 6.18 Å². The van der Waals surface area contributed by atoms with E-state index in [1.54, 1.807) is 0 Å². The third-order valence-corrected chi connectivity index (χ3v) is 2.56. The number of alkyl halides is 3. The minimum atomic E-state index is -4.15. The highest BCUT2D eigenvalue weighted by Gasteiger charge is 2.28. The summed E-state index contributed by atoms with van der Waals surface area (Å²) < 4.78 is 41.6. The van der Waals surface area contributed by atoms with Gasteiger partial charge in [0.2, 0.25) is 0 Å². The quantitative estimate of drug-likeness (QED) is 0.777. The van der Waals surface area contributed by atoms with Crippen molar-refractivity contribution in [1.82, 2.24) is 4.90 Å². The summed E-state index contributed by atoms with van der Waals surface area (Å²) in [5.74, 6) is 0.704. The van der Waals surface area contributed by atoms with E-state index in [-0.39, 0.29) is 0 Å². The average Bonchev–Trinajstić information content (AvgIpc) is 2.33. The average molecular weight is 276 g/mol. The first kappa shape index (κ1) is 15.8. The van der Waals surface area contributed by atoms with Crippen molar-refractivity contribution in [3.8, 4) is 5.75 Å². The molecule has 0 aromatic heterocycles. The van der Waals surface area contributed by atoms with Crippen LogP contribution in [-0.4, -0.2) is 37.8 Å². The number of hydrogen-bond donors (Lipinski definition) is 1. The van der Waals surface area contributed by atoms with Crippen LogP contribution in [0.25, 0.3) is 0 Å². The van der Waals surface area contributed by atoms with Crippen LogP contribution in [-0.2, 0) is 6.54 Å². The van der Waals surface area contributed by atoms with Gasteiger partial charge in [0.1, 0.15) is 5.75 Å². The molecule has 108 valence electrons. The Morgan fingerprint density at radius 2 is 1.84 bits per heavy atom. The lowest BCUT2D eigenvalue weighted by molar-refractivity contribution is -0.143. The SMILES string of the molecule is CN(CCCOc1ccc(CN)cc1)CC(F)(F)F. The Balaban J connectivity index is 2.19. The van der Waals surface area contributed by atoms with Crippen LogP contribution in [0.2, 0.25) is 0 Å². The highest BCUT2D eigenvalue weighted by Crippen LogP contribution is 2.16. The van der Waals surface area contributed by atoms with Crippen LogP contribution in [0.5, 0.6) is 5.75 Å². The molecular formula is C13H19F3N2O. The molecule has 0 saturated heterocycles. The first-order valence-corrected chi connectivity index (χ1v) is 6.08. The number of nitrogens with two attached hydrogens (primary N) is 1. The molecule has 0 amide bonds. The van der Waals surface area contributed by atoms with E-state index in [2.05, 4.69) is 0 Å². The highest BCUT2D eigenvalue weighted by atomic mass is 19.4. The molecule has 0 aliphatic heterocycles. The van der Waals surface area contributed by atoms with Gasteiger partial charge in [0, 0.05) is 13.1 Å². The van der Waals surface area contributed by atoms with E-state index in [1.807, 2.05) is 24.3 Å². The van der Waals surface area contributed by atoms with Crippen molar-refractivity contribution < 1.29 is 17.9 Å². The molecule has 1 aromatic carbocycles. The zero-order valence-electron chi connectivity index (χ0n) is 10.9. The Kier molecular flexibility index (Phi) is 6.11. The maximum atomic E-state index is 12.1. The van der Waals surface area contributed by atoms with Gasteiger partial charge in [0.25, 0.3) is 0 Å². The van der Waals surface area contributed by atoms with Gasteiger partial charge in [-0.3, -0.25) is 4.90 Å². The predicted octanol–water partition coefficient (Wildman–Crippen LogP) is 2.41. The maximum absolute atomic E-state index is 12.1. The van der Waals surface area contributed by atoms with Gasteiger partial charge in [-0.2, -0.15) is 13.2 Å². The second kappa shape index (κ2) is 7.35. The summed E-state index contributed by atoms with van der Waals surface area (Å²) in [7, 11) is 1.45.